The minimum atomic E-state index is -0.0306. The van der Waals surface area contributed by atoms with Crippen molar-refractivity contribution in [2.45, 2.75) is 12.8 Å². The topological polar surface area (TPSA) is 38.3 Å². The summed E-state index contributed by atoms with van der Waals surface area (Å²) in [6.07, 6.45) is 2.61. The van der Waals surface area contributed by atoms with Gasteiger partial charge in [0.2, 0.25) is 0 Å². The van der Waals surface area contributed by atoms with E-state index in [1.54, 1.807) is 0 Å². The Kier molecular flexibility index (Phi) is 2.05. The van der Waals surface area contributed by atoms with E-state index in [1.807, 2.05) is 0 Å². The number of methoxy groups -OCH3 is 1. The van der Waals surface area contributed by atoms with Crippen LogP contribution in [0.1, 0.15) is 12.8 Å². The Balaban J connectivity index is 1.98. The molecule has 0 aromatic carbocycles. The largest absolute Gasteiger partial charge is 0.469 e. The van der Waals surface area contributed by atoms with Crippen molar-refractivity contribution < 1.29 is 9.53 Å². The van der Waals surface area contributed by atoms with Gasteiger partial charge in [0.15, 0.2) is 0 Å². The number of hydrogen-bond acceptors (Lipinski definition) is 3. The number of nitrogens with one attached hydrogen (secondary N) is 1. The molecule has 2 atom stereocenters. The summed E-state index contributed by atoms with van der Waals surface area (Å²) in [5.41, 5.74) is 0. The van der Waals surface area contributed by atoms with E-state index >= 15 is 0 Å². The number of ether oxygens (including phenoxy) is 1. The van der Waals surface area contributed by atoms with Gasteiger partial charge in [0.25, 0.3) is 0 Å². The van der Waals surface area contributed by atoms with Crippen LogP contribution in [0.3, 0.4) is 0 Å². The molecule has 1 saturated heterocycles. The third-order valence-electron chi connectivity index (χ3n) is 2.99. The normalized spacial score (nSPS) is 35.1. The summed E-state index contributed by atoms with van der Waals surface area (Å²) < 4.78 is 4.76. The van der Waals surface area contributed by atoms with Gasteiger partial charge in [-0.2, -0.15) is 0 Å². The van der Waals surface area contributed by atoms with Gasteiger partial charge in [0, 0.05) is 6.54 Å². The van der Waals surface area contributed by atoms with Crippen molar-refractivity contribution in [2.24, 2.45) is 17.8 Å². The van der Waals surface area contributed by atoms with E-state index in [2.05, 4.69) is 5.32 Å². The molecule has 2 aliphatic rings. The van der Waals surface area contributed by atoms with Crippen molar-refractivity contribution in [3.63, 3.8) is 0 Å². The summed E-state index contributed by atoms with van der Waals surface area (Å²) in [7, 11) is 1.48. The molecule has 1 heterocycles. The Morgan fingerprint density at radius 3 is 2.75 bits per heavy atom. The average molecular weight is 169 g/mol. The molecule has 0 aromatic rings. The Bertz CT molecular complexity index is 189. The van der Waals surface area contributed by atoms with Crippen LogP contribution in [0.15, 0.2) is 0 Å². The van der Waals surface area contributed by atoms with Gasteiger partial charge in [0.1, 0.15) is 0 Å². The molecular formula is C9H15NO2. The van der Waals surface area contributed by atoms with Crippen LogP contribution in [0.5, 0.6) is 0 Å². The Morgan fingerprint density at radius 2 is 2.17 bits per heavy atom. The average Bonchev–Trinajstić information content (AvgIpc) is 2.83. The molecular weight excluding hydrogens is 154 g/mol. The van der Waals surface area contributed by atoms with Crippen molar-refractivity contribution in [2.75, 3.05) is 20.2 Å². The summed E-state index contributed by atoms with van der Waals surface area (Å²) >= 11 is 0. The van der Waals surface area contributed by atoms with Gasteiger partial charge in [-0.05, 0) is 31.2 Å². The summed E-state index contributed by atoms with van der Waals surface area (Å²) in [5.74, 6) is 1.45. The standard InChI is InChI=1S/C9H15NO2/c1-12-9(11)8-5-10-4-7(8)6-2-3-6/h6-8,10H,2-5H2,1H3/t7-,8-/m0/s1. The van der Waals surface area contributed by atoms with Crippen LogP contribution in [0.4, 0.5) is 0 Å². The van der Waals surface area contributed by atoms with Gasteiger partial charge in [-0.15, -0.1) is 0 Å². The van der Waals surface area contributed by atoms with Crippen molar-refractivity contribution >= 4 is 5.97 Å². The monoisotopic (exact) mass is 169 g/mol. The highest BCUT2D eigenvalue weighted by Gasteiger charge is 2.42. The van der Waals surface area contributed by atoms with Crippen LogP contribution in [-0.2, 0) is 9.53 Å². The molecule has 1 aliphatic heterocycles. The van der Waals surface area contributed by atoms with Gasteiger partial charge < -0.3 is 10.1 Å². The van der Waals surface area contributed by atoms with Gasteiger partial charge in [-0.1, -0.05) is 0 Å². The minimum Gasteiger partial charge on any atom is -0.469 e. The molecule has 1 N–H and O–H groups in total. The van der Waals surface area contributed by atoms with E-state index in [9.17, 15) is 4.79 Å². The predicted molar refractivity (Wildman–Crippen MR) is 44.6 cm³/mol. The van der Waals surface area contributed by atoms with Crippen LogP contribution >= 0.6 is 0 Å². The summed E-state index contributed by atoms with van der Waals surface area (Å²) in [4.78, 5) is 11.3. The molecule has 2 fully saturated rings. The zero-order valence-corrected chi connectivity index (χ0v) is 7.38. The lowest BCUT2D eigenvalue weighted by atomic mass is 9.92. The lowest BCUT2D eigenvalue weighted by molar-refractivity contribution is -0.146. The highest BCUT2D eigenvalue weighted by molar-refractivity contribution is 5.73. The molecule has 3 nitrogen and oxygen atoms in total. The molecule has 12 heavy (non-hydrogen) atoms. The molecule has 0 unspecified atom stereocenters. The van der Waals surface area contributed by atoms with E-state index in [4.69, 9.17) is 4.74 Å². The predicted octanol–water partition coefficient (Wildman–Crippen LogP) is 0.405. The first kappa shape index (κ1) is 8.05. The van der Waals surface area contributed by atoms with E-state index in [0.29, 0.717) is 5.92 Å². The molecule has 1 saturated carbocycles. The summed E-state index contributed by atoms with van der Waals surface area (Å²) in [5, 5.41) is 3.26. The first-order chi connectivity index (χ1) is 5.83. The van der Waals surface area contributed by atoms with E-state index in [1.165, 1.54) is 20.0 Å². The first-order valence-corrected chi connectivity index (χ1v) is 4.61. The van der Waals surface area contributed by atoms with Gasteiger partial charge in [0.05, 0.1) is 13.0 Å². The van der Waals surface area contributed by atoms with Crippen LogP contribution in [0.25, 0.3) is 0 Å². The number of esters is 1. The molecule has 0 amide bonds. The van der Waals surface area contributed by atoms with E-state index < -0.39 is 0 Å². The number of carbonyl (C=O) groups excluding carboxylic acids is 1. The molecule has 0 bridgehead atoms. The van der Waals surface area contributed by atoms with Gasteiger partial charge in [-0.3, -0.25) is 4.79 Å². The number of rotatable bonds is 2. The Morgan fingerprint density at radius 1 is 1.42 bits per heavy atom. The molecule has 3 heteroatoms. The molecule has 1 aliphatic carbocycles. The van der Waals surface area contributed by atoms with Crippen molar-refractivity contribution in [3.05, 3.63) is 0 Å². The first-order valence-electron chi connectivity index (χ1n) is 4.61. The van der Waals surface area contributed by atoms with Crippen LogP contribution in [0.2, 0.25) is 0 Å². The van der Waals surface area contributed by atoms with Gasteiger partial charge in [-0.25, -0.2) is 0 Å². The lowest BCUT2D eigenvalue weighted by Gasteiger charge is -2.14. The molecule has 0 radical (unpaired) electrons. The summed E-state index contributed by atoms with van der Waals surface area (Å²) in [6.45, 7) is 1.82. The Labute approximate surface area is 72.5 Å². The maximum atomic E-state index is 11.3. The van der Waals surface area contributed by atoms with Crippen molar-refractivity contribution in [3.8, 4) is 0 Å². The number of carbonyl (C=O) groups is 1. The molecule has 0 aromatic heterocycles. The fraction of sp³-hybridized carbons (Fsp3) is 0.889. The smallest absolute Gasteiger partial charge is 0.310 e. The quantitative estimate of drug-likeness (QED) is 0.608. The van der Waals surface area contributed by atoms with Gasteiger partial charge >= 0.3 is 5.97 Å². The highest BCUT2D eigenvalue weighted by Crippen LogP contribution is 2.42. The van der Waals surface area contributed by atoms with E-state index in [-0.39, 0.29) is 11.9 Å². The third-order valence-corrected chi connectivity index (χ3v) is 2.99. The second-order valence-corrected chi connectivity index (χ2v) is 3.79. The van der Waals surface area contributed by atoms with Crippen LogP contribution in [-0.4, -0.2) is 26.2 Å². The van der Waals surface area contributed by atoms with Crippen molar-refractivity contribution in [1.29, 1.82) is 0 Å². The molecule has 2 rings (SSSR count). The minimum absolute atomic E-state index is 0.0306. The fourth-order valence-corrected chi connectivity index (χ4v) is 2.13. The van der Waals surface area contributed by atoms with Crippen LogP contribution < -0.4 is 5.32 Å². The van der Waals surface area contributed by atoms with E-state index in [0.717, 1.165) is 19.0 Å². The highest BCUT2D eigenvalue weighted by atomic mass is 16.5. The maximum absolute atomic E-state index is 11.3. The fourth-order valence-electron chi connectivity index (χ4n) is 2.13. The molecule has 68 valence electrons. The van der Waals surface area contributed by atoms with Crippen LogP contribution in [0, 0.1) is 17.8 Å². The number of hydrogen-bond donors (Lipinski definition) is 1. The lowest BCUT2D eigenvalue weighted by Crippen LogP contribution is -2.25. The van der Waals surface area contributed by atoms with Crippen molar-refractivity contribution in [1.82, 2.24) is 5.32 Å². The SMILES string of the molecule is COC(=O)[C@H]1CNC[C@H]1C1CC1. The zero-order valence-electron chi connectivity index (χ0n) is 7.38. The second kappa shape index (κ2) is 3.05. The summed E-state index contributed by atoms with van der Waals surface area (Å²) in [6, 6.07) is 0. The zero-order chi connectivity index (χ0) is 8.55. The molecule has 0 spiro atoms. The maximum Gasteiger partial charge on any atom is 0.310 e. The third kappa shape index (κ3) is 1.33. The second-order valence-electron chi connectivity index (χ2n) is 3.79. The Hall–Kier alpha value is -0.570.